The Balaban J connectivity index is 1.71. The van der Waals surface area contributed by atoms with Gasteiger partial charge in [0.05, 0.1) is 22.9 Å². The molecular formula is C19H18N6O. The number of aromatic amines is 1. The number of nitrogens with zero attached hydrogens (tertiary/aromatic N) is 3. The van der Waals surface area contributed by atoms with Gasteiger partial charge in [-0.1, -0.05) is 12.7 Å². The summed E-state index contributed by atoms with van der Waals surface area (Å²) in [5.74, 6) is 1.47. The van der Waals surface area contributed by atoms with Gasteiger partial charge in [0.1, 0.15) is 17.3 Å². The molecule has 4 aromatic rings. The molecule has 0 aliphatic heterocycles. The van der Waals surface area contributed by atoms with E-state index in [2.05, 4.69) is 27.0 Å². The Kier molecular flexibility index (Phi) is 3.62. The molecule has 0 aliphatic rings. The van der Waals surface area contributed by atoms with Gasteiger partial charge in [0.25, 0.3) is 0 Å². The van der Waals surface area contributed by atoms with Crippen LogP contribution in [0.15, 0.2) is 49.2 Å². The van der Waals surface area contributed by atoms with Crippen molar-refractivity contribution >= 4 is 34.3 Å². The molecule has 0 unspecified atom stereocenters. The number of phenols is 1. The molecule has 2 aromatic carbocycles. The average molecular weight is 346 g/mol. The van der Waals surface area contributed by atoms with Crippen molar-refractivity contribution in [2.75, 3.05) is 11.1 Å². The molecule has 0 saturated heterocycles. The Bertz CT molecular complexity index is 1120. The monoisotopic (exact) mass is 346 g/mol. The molecule has 0 amide bonds. The predicted octanol–water partition coefficient (Wildman–Crippen LogP) is 3.73. The molecule has 0 aliphatic carbocycles. The lowest BCUT2D eigenvalue weighted by molar-refractivity contribution is 0.475. The maximum atomic E-state index is 9.73. The molecule has 5 N–H and O–H groups in total. The Hall–Kier alpha value is -3.74. The van der Waals surface area contributed by atoms with Gasteiger partial charge in [-0.2, -0.15) is 5.10 Å². The topological polar surface area (TPSA) is 105 Å². The van der Waals surface area contributed by atoms with Gasteiger partial charge in [-0.05, 0) is 42.8 Å². The number of nitrogens with two attached hydrogens (primary N) is 1. The van der Waals surface area contributed by atoms with Crippen molar-refractivity contribution in [3.8, 4) is 11.4 Å². The molecule has 4 rings (SSSR count). The second kappa shape index (κ2) is 5.96. The molecule has 7 heteroatoms. The smallest absolute Gasteiger partial charge is 0.151 e. The molecule has 7 nitrogen and oxygen atoms in total. The second-order valence-electron chi connectivity index (χ2n) is 5.98. The van der Waals surface area contributed by atoms with E-state index in [1.165, 1.54) is 0 Å². The number of nitrogen functional groups attached to an aromatic ring is 1. The first-order valence-electron chi connectivity index (χ1n) is 8.08. The number of hydrogen-bond acceptors (Lipinski definition) is 5. The van der Waals surface area contributed by atoms with Crippen molar-refractivity contribution in [3.63, 3.8) is 0 Å². The van der Waals surface area contributed by atoms with Crippen LogP contribution in [-0.2, 0) is 0 Å². The van der Waals surface area contributed by atoms with Crippen LogP contribution < -0.4 is 11.1 Å². The van der Waals surface area contributed by atoms with Crippen LogP contribution in [0, 0.1) is 6.92 Å². The van der Waals surface area contributed by atoms with E-state index in [1.807, 2.05) is 25.1 Å². The van der Waals surface area contributed by atoms with Crippen LogP contribution in [0.2, 0.25) is 0 Å². The summed E-state index contributed by atoms with van der Waals surface area (Å²) in [4.78, 5) is 7.61. The van der Waals surface area contributed by atoms with E-state index in [4.69, 9.17) is 5.73 Å². The van der Waals surface area contributed by atoms with Crippen LogP contribution in [-0.4, -0.2) is 24.9 Å². The Morgan fingerprint density at radius 3 is 2.88 bits per heavy atom. The number of H-pyrrole nitrogens is 1. The summed E-state index contributed by atoms with van der Waals surface area (Å²) in [5, 5.41) is 17.3. The standard InChI is InChI=1S/C19H18N6O/c1-3-12-4-6-14(26)9-16(12)24-18-10-21-25(19(18)20)13-5-7-15-17(8-13)23-11(2)22-15/h3-10,24,26H,1,20H2,2H3,(H,22,23). The number of aromatic hydroxyl groups is 1. The van der Waals surface area contributed by atoms with Gasteiger partial charge in [-0.15, -0.1) is 0 Å². The zero-order valence-electron chi connectivity index (χ0n) is 14.2. The van der Waals surface area contributed by atoms with Gasteiger partial charge in [0.2, 0.25) is 0 Å². The highest BCUT2D eigenvalue weighted by Gasteiger charge is 2.12. The number of phenolic OH excluding ortho intramolecular Hbond substituents is 1. The molecule has 26 heavy (non-hydrogen) atoms. The summed E-state index contributed by atoms with van der Waals surface area (Å²) >= 11 is 0. The summed E-state index contributed by atoms with van der Waals surface area (Å²) in [6.07, 6.45) is 3.35. The number of anilines is 3. The van der Waals surface area contributed by atoms with Crippen molar-refractivity contribution in [3.05, 3.63) is 60.6 Å². The largest absolute Gasteiger partial charge is 0.508 e. The van der Waals surface area contributed by atoms with E-state index < -0.39 is 0 Å². The van der Waals surface area contributed by atoms with Crippen LogP contribution >= 0.6 is 0 Å². The minimum atomic E-state index is 0.157. The molecule has 0 fully saturated rings. The number of rotatable bonds is 4. The summed E-state index contributed by atoms with van der Waals surface area (Å²) in [6.45, 7) is 5.70. The molecule has 130 valence electrons. The van der Waals surface area contributed by atoms with Gasteiger partial charge in [-0.25, -0.2) is 9.67 Å². The SMILES string of the molecule is C=Cc1ccc(O)cc1Nc1cnn(-c2ccc3nc(C)[nH]c3c2)c1N. The van der Waals surface area contributed by atoms with Gasteiger partial charge >= 0.3 is 0 Å². The number of nitrogens with one attached hydrogen (secondary N) is 2. The summed E-state index contributed by atoms with van der Waals surface area (Å²) in [7, 11) is 0. The molecule has 2 heterocycles. The van der Waals surface area contributed by atoms with E-state index in [1.54, 1.807) is 35.2 Å². The molecule has 2 aromatic heterocycles. The van der Waals surface area contributed by atoms with Crippen LogP contribution in [0.1, 0.15) is 11.4 Å². The summed E-state index contributed by atoms with van der Waals surface area (Å²) < 4.78 is 1.65. The third kappa shape index (κ3) is 2.65. The van der Waals surface area contributed by atoms with E-state index in [0.717, 1.165) is 28.1 Å². The predicted molar refractivity (Wildman–Crippen MR) is 104 cm³/mol. The Morgan fingerprint density at radius 1 is 1.23 bits per heavy atom. The summed E-state index contributed by atoms with van der Waals surface area (Å²) in [5.41, 5.74) is 11.1. The van der Waals surface area contributed by atoms with Gasteiger partial charge in [0.15, 0.2) is 5.82 Å². The quantitative estimate of drug-likeness (QED) is 0.451. The van der Waals surface area contributed by atoms with Crippen LogP contribution in [0.25, 0.3) is 22.8 Å². The van der Waals surface area contributed by atoms with Crippen LogP contribution in [0.5, 0.6) is 5.75 Å². The maximum Gasteiger partial charge on any atom is 0.151 e. The average Bonchev–Trinajstić information content (AvgIpc) is 3.16. The second-order valence-corrected chi connectivity index (χ2v) is 5.98. The normalized spacial score (nSPS) is 11.0. The summed E-state index contributed by atoms with van der Waals surface area (Å²) in [6, 6.07) is 10.8. The van der Waals surface area contributed by atoms with Crippen molar-refractivity contribution < 1.29 is 5.11 Å². The zero-order chi connectivity index (χ0) is 18.3. The molecule has 0 bridgehead atoms. The minimum absolute atomic E-state index is 0.157. The van der Waals surface area contributed by atoms with Crippen molar-refractivity contribution in [2.45, 2.75) is 6.92 Å². The number of benzene rings is 2. The molecule has 0 spiro atoms. The Morgan fingerprint density at radius 2 is 2.08 bits per heavy atom. The number of aryl methyl sites for hydroxylation is 1. The van der Waals surface area contributed by atoms with Crippen molar-refractivity contribution in [1.29, 1.82) is 0 Å². The van der Waals surface area contributed by atoms with E-state index >= 15 is 0 Å². The van der Waals surface area contributed by atoms with Crippen LogP contribution in [0.4, 0.5) is 17.2 Å². The zero-order valence-corrected chi connectivity index (χ0v) is 14.2. The van der Waals surface area contributed by atoms with Crippen molar-refractivity contribution in [1.82, 2.24) is 19.7 Å². The third-order valence-electron chi connectivity index (χ3n) is 4.16. The fraction of sp³-hybridized carbons (Fsp3) is 0.0526. The fourth-order valence-corrected chi connectivity index (χ4v) is 2.89. The van der Waals surface area contributed by atoms with Crippen LogP contribution in [0.3, 0.4) is 0 Å². The number of aromatic nitrogens is 4. The van der Waals surface area contributed by atoms with E-state index in [-0.39, 0.29) is 5.75 Å². The molecular weight excluding hydrogens is 328 g/mol. The van der Waals surface area contributed by atoms with E-state index in [9.17, 15) is 5.11 Å². The number of hydrogen-bond donors (Lipinski definition) is 4. The van der Waals surface area contributed by atoms with Gasteiger partial charge in [-0.3, -0.25) is 0 Å². The molecule has 0 saturated carbocycles. The molecule has 0 atom stereocenters. The van der Waals surface area contributed by atoms with Gasteiger partial charge in [0, 0.05) is 11.8 Å². The minimum Gasteiger partial charge on any atom is -0.508 e. The fourth-order valence-electron chi connectivity index (χ4n) is 2.89. The molecule has 0 radical (unpaired) electrons. The van der Waals surface area contributed by atoms with Gasteiger partial charge < -0.3 is 21.1 Å². The van der Waals surface area contributed by atoms with Crippen molar-refractivity contribution in [2.24, 2.45) is 0 Å². The first-order chi connectivity index (χ1) is 12.5. The highest BCUT2D eigenvalue weighted by atomic mass is 16.3. The third-order valence-corrected chi connectivity index (χ3v) is 4.16. The first-order valence-corrected chi connectivity index (χ1v) is 8.08. The number of fused-ring (bicyclic) bond motifs is 1. The van der Waals surface area contributed by atoms with E-state index in [0.29, 0.717) is 17.2 Å². The first kappa shape index (κ1) is 15.8. The lowest BCUT2D eigenvalue weighted by Gasteiger charge is -2.10. The number of imidazole rings is 1. The maximum absolute atomic E-state index is 9.73. The lowest BCUT2D eigenvalue weighted by Crippen LogP contribution is -2.03. The highest BCUT2D eigenvalue weighted by molar-refractivity contribution is 5.80. The highest BCUT2D eigenvalue weighted by Crippen LogP contribution is 2.30. The lowest BCUT2D eigenvalue weighted by atomic mass is 10.1. The Labute approximate surface area is 149 Å².